The Labute approximate surface area is 154 Å². The maximum atomic E-state index is 13.1. The highest BCUT2D eigenvalue weighted by atomic mass is 32.2. The van der Waals surface area contributed by atoms with Crippen molar-refractivity contribution in [3.8, 4) is 11.1 Å². The van der Waals surface area contributed by atoms with E-state index in [0.29, 0.717) is 10.7 Å². The quantitative estimate of drug-likeness (QED) is 0.544. The minimum Gasteiger partial charge on any atom is -0.255 e. The Morgan fingerprint density at radius 3 is 2.42 bits per heavy atom. The molecule has 1 aromatic heterocycles. The number of para-hydroxylation sites is 1. The molecular formula is C19H13FN2O2S2. The van der Waals surface area contributed by atoms with Crippen LogP contribution in [0.4, 0.5) is 9.52 Å². The number of sulfonamides is 1. The number of anilines is 1. The van der Waals surface area contributed by atoms with E-state index in [4.69, 9.17) is 0 Å². The van der Waals surface area contributed by atoms with Gasteiger partial charge in [0, 0.05) is 0 Å². The zero-order chi connectivity index (χ0) is 18.1. The molecule has 4 rings (SSSR count). The van der Waals surface area contributed by atoms with E-state index in [1.807, 2.05) is 24.3 Å². The number of nitrogens with one attached hydrogen (secondary N) is 1. The molecule has 0 aliphatic heterocycles. The topological polar surface area (TPSA) is 59.1 Å². The predicted octanol–water partition coefficient (Wildman–Crippen LogP) is 4.90. The first-order valence-corrected chi connectivity index (χ1v) is 10.1. The predicted molar refractivity (Wildman–Crippen MR) is 102 cm³/mol. The third-order valence-corrected chi connectivity index (χ3v) is 6.26. The Morgan fingerprint density at radius 1 is 0.885 bits per heavy atom. The molecule has 4 aromatic rings. The molecule has 130 valence electrons. The smallest absolute Gasteiger partial charge is 0.255 e. The number of benzene rings is 3. The van der Waals surface area contributed by atoms with E-state index in [9.17, 15) is 12.8 Å². The fourth-order valence-electron chi connectivity index (χ4n) is 2.57. The van der Waals surface area contributed by atoms with Crippen LogP contribution in [-0.4, -0.2) is 13.4 Å². The van der Waals surface area contributed by atoms with Gasteiger partial charge in [-0.05, 0) is 47.5 Å². The zero-order valence-electron chi connectivity index (χ0n) is 13.4. The van der Waals surface area contributed by atoms with Crippen molar-refractivity contribution in [3.63, 3.8) is 0 Å². The second-order valence-electron chi connectivity index (χ2n) is 5.63. The lowest BCUT2D eigenvalue weighted by Crippen LogP contribution is -2.12. The Bertz CT molecular complexity index is 1150. The summed E-state index contributed by atoms with van der Waals surface area (Å²) in [5.41, 5.74) is 2.18. The van der Waals surface area contributed by atoms with E-state index in [0.717, 1.165) is 15.8 Å². The molecule has 0 fully saturated rings. The summed E-state index contributed by atoms with van der Waals surface area (Å²) in [6.45, 7) is 0. The molecule has 0 spiro atoms. The van der Waals surface area contributed by atoms with Gasteiger partial charge in [-0.2, -0.15) is 0 Å². The first-order valence-electron chi connectivity index (χ1n) is 7.76. The van der Waals surface area contributed by atoms with Gasteiger partial charge in [-0.15, -0.1) is 0 Å². The van der Waals surface area contributed by atoms with Crippen molar-refractivity contribution in [1.82, 2.24) is 4.98 Å². The molecule has 26 heavy (non-hydrogen) atoms. The zero-order valence-corrected chi connectivity index (χ0v) is 15.0. The highest BCUT2D eigenvalue weighted by Gasteiger charge is 2.17. The van der Waals surface area contributed by atoms with Gasteiger partial charge in [0.05, 0.1) is 15.1 Å². The second kappa shape index (κ2) is 6.51. The van der Waals surface area contributed by atoms with E-state index in [2.05, 4.69) is 9.71 Å². The summed E-state index contributed by atoms with van der Waals surface area (Å²) in [5.74, 6) is -0.338. The lowest BCUT2D eigenvalue weighted by atomic mass is 10.1. The molecule has 0 saturated heterocycles. The number of hydrogen-bond donors (Lipinski definition) is 1. The van der Waals surface area contributed by atoms with Crippen molar-refractivity contribution < 1.29 is 12.8 Å². The summed E-state index contributed by atoms with van der Waals surface area (Å²) in [4.78, 5) is 4.42. The molecule has 0 aliphatic rings. The molecule has 1 heterocycles. The van der Waals surface area contributed by atoms with Gasteiger partial charge in [-0.3, -0.25) is 4.72 Å². The third-order valence-electron chi connectivity index (χ3n) is 3.84. The minimum absolute atomic E-state index is 0.124. The van der Waals surface area contributed by atoms with Crippen molar-refractivity contribution in [2.24, 2.45) is 0 Å². The van der Waals surface area contributed by atoms with Gasteiger partial charge in [0.2, 0.25) is 0 Å². The van der Waals surface area contributed by atoms with E-state index >= 15 is 0 Å². The van der Waals surface area contributed by atoms with Gasteiger partial charge in [-0.1, -0.05) is 47.7 Å². The Morgan fingerprint density at radius 2 is 1.65 bits per heavy atom. The highest BCUT2D eigenvalue weighted by Crippen LogP contribution is 2.28. The molecule has 0 atom stereocenters. The molecular weight excluding hydrogens is 371 g/mol. The molecule has 0 saturated carbocycles. The summed E-state index contributed by atoms with van der Waals surface area (Å²) in [6.07, 6.45) is 0. The molecule has 7 heteroatoms. The van der Waals surface area contributed by atoms with Crippen molar-refractivity contribution in [3.05, 3.63) is 78.6 Å². The summed E-state index contributed by atoms with van der Waals surface area (Å²) in [6, 6.07) is 19.9. The van der Waals surface area contributed by atoms with Crippen LogP contribution in [0.3, 0.4) is 0 Å². The van der Waals surface area contributed by atoms with Crippen LogP contribution in [0.25, 0.3) is 21.3 Å². The Hall–Kier alpha value is -2.77. The number of aromatic nitrogens is 1. The fourth-order valence-corrected chi connectivity index (χ4v) is 4.72. The lowest BCUT2D eigenvalue weighted by molar-refractivity contribution is 0.601. The Balaban J connectivity index is 1.67. The van der Waals surface area contributed by atoms with Gasteiger partial charge < -0.3 is 0 Å². The standard InChI is InChI=1S/C19H13FN2O2S2/c20-15-10-8-13(9-11-15)14-4-3-5-16(12-14)26(23,24)22-19-21-17-6-1-2-7-18(17)25-19/h1-12H,(H,21,22). The van der Waals surface area contributed by atoms with Crippen molar-refractivity contribution in [1.29, 1.82) is 0 Å². The normalized spacial score (nSPS) is 11.6. The molecule has 0 unspecified atom stereocenters. The van der Waals surface area contributed by atoms with E-state index in [1.165, 1.54) is 29.5 Å². The summed E-state index contributed by atoms with van der Waals surface area (Å²) in [5, 5.41) is 0.318. The Kier molecular flexibility index (Phi) is 4.18. The van der Waals surface area contributed by atoms with Crippen molar-refractivity contribution >= 4 is 36.7 Å². The molecule has 0 aliphatic carbocycles. The molecule has 1 N–H and O–H groups in total. The fraction of sp³-hybridized carbons (Fsp3) is 0. The number of nitrogens with zero attached hydrogens (tertiary/aromatic N) is 1. The first-order chi connectivity index (χ1) is 12.5. The van der Waals surface area contributed by atoms with Crippen LogP contribution >= 0.6 is 11.3 Å². The van der Waals surface area contributed by atoms with Gasteiger partial charge in [-0.25, -0.2) is 17.8 Å². The van der Waals surface area contributed by atoms with Gasteiger partial charge >= 0.3 is 0 Å². The van der Waals surface area contributed by atoms with E-state index < -0.39 is 10.0 Å². The first kappa shape index (κ1) is 16.7. The van der Waals surface area contributed by atoms with Crippen LogP contribution in [0.5, 0.6) is 0 Å². The van der Waals surface area contributed by atoms with Crippen LogP contribution in [-0.2, 0) is 10.0 Å². The van der Waals surface area contributed by atoms with Crippen LogP contribution in [0.1, 0.15) is 0 Å². The van der Waals surface area contributed by atoms with Crippen LogP contribution < -0.4 is 4.72 Å². The number of thiazole rings is 1. The van der Waals surface area contributed by atoms with Gasteiger partial charge in [0.1, 0.15) is 5.82 Å². The maximum Gasteiger partial charge on any atom is 0.263 e. The monoisotopic (exact) mass is 384 g/mol. The van der Waals surface area contributed by atoms with Gasteiger partial charge in [0.15, 0.2) is 5.13 Å². The molecule has 0 bridgehead atoms. The lowest BCUT2D eigenvalue weighted by Gasteiger charge is -2.07. The van der Waals surface area contributed by atoms with Crippen LogP contribution in [0.15, 0.2) is 77.7 Å². The van der Waals surface area contributed by atoms with E-state index in [1.54, 1.807) is 30.3 Å². The molecule has 3 aromatic carbocycles. The number of halogens is 1. The average Bonchev–Trinajstić information content (AvgIpc) is 3.04. The minimum atomic E-state index is -3.78. The van der Waals surface area contributed by atoms with Gasteiger partial charge in [0.25, 0.3) is 10.0 Å². The SMILES string of the molecule is O=S(=O)(Nc1nc2ccccc2s1)c1cccc(-c2ccc(F)cc2)c1. The second-order valence-corrected chi connectivity index (χ2v) is 8.34. The average molecular weight is 384 g/mol. The summed E-state index contributed by atoms with van der Waals surface area (Å²) < 4.78 is 42.0. The van der Waals surface area contributed by atoms with E-state index in [-0.39, 0.29) is 10.7 Å². The van der Waals surface area contributed by atoms with Crippen LogP contribution in [0, 0.1) is 5.82 Å². The largest absolute Gasteiger partial charge is 0.263 e. The summed E-state index contributed by atoms with van der Waals surface area (Å²) >= 11 is 1.28. The number of fused-ring (bicyclic) bond motifs is 1. The third kappa shape index (κ3) is 3.31. The van der Waals surface area contributed by atoms with Crippen molar-refractivity contribution in [2.75, 3.05) is 4.72 Å². The number of rotatable bonds is 4. The van der Waals surface area contributed by atoms with Crippen LogP contribution in [0.2, 0.25) is 0 Å². The van der Waals surface area contributed by atoms with Crippen molar-refractivity contribution in [2.45, 2.75) is 4.90 Å². The molecule has 0 radical (unpaired) electrons. The molecule has 4 nitrogen and oxygen atoms in total. The highest BCUT2D eigenvalue weighted by molar-refractivity contribution is 7.93. The molecule has 0 amide bonds. The maximum absolute atomic E-state index is 13.1. The summed E-state index contributed by atoms with van der Waals surface area (Å²) in [7, 11) is -3.78. The number of hydrogen-bond acceptors (Lipinski definition) is 4.